The molecule has 0 aliphatic carbocycles. The maximum atomic E-state index is 13.1. The van der Waals surface area contributed by atoms with Crippen molar-refractivity contribution in [2.45, 2.75) is 62.8 Å². The minimum atomic E-state index is -0.563. The Kier molecular flexibility index (Phi) is 5.69. The first kappa shape index (κ1) is 22.4. The van der Waals surface area contributed by atoms with Gasteiger partial charge in [0.1, 0.15) is 6.04 Å². The maximum absolute atomic E-state index is 13.1. The van der Waals surface area contributed by atoms with Crippen LogP contribution in [0.1, 0.15) is 58.6 Å². The molecule has 2 aromatic carbocycles. The number of rotatable bonds is 4. The van der Waals surface area contributed by atoms with Gasteiger partial charge in [-0.05, 0) is 55.0 Å². The van der Waals surface area contributed by atoms with E-state index in [0.717, 1.165) is 38.0 Å². The lowest BCUT2D eigenvalue weighted by atomic mass is 9.78. The smallest absolute Gasteiger partial charge is 0.255 e. The molecule has 4 atom stereocenters. The SMILES string of the molecule is CN1C[C@H]2CC(c3ccc4c(c3)CN(C3CCC(=O)NC3=O)C4=O)C[C@@H](C1)N2Cc1ccccc1. The zero-order valence-electron chi connectivity index (χ0n) is 20.2. The quantitative estimate of drug-likeness (QED) is 0.693. The summed E-state index contributed by atoms with van der Waals surface area (Å²) in [6, 6.07) is 17.5. The number of carbonyl (C=O) groups is 3. The van der Waals surface area contributed by atoms with Crippen LogP contribution in [0.5, 0.6) is 0 Å². The Morgan fingerprint density at radius 2 is 1.71 bits per heavy atom. The Morgan fingerprint density at radius 1 is 0.971 bits per heavy atom. The first-order chi connectivity index (χ1) is 17.0. The van der Waals surface area contributed by atoms with Crippen LogP contribution in [0, 0.1) is 0 Å². The molecule has 0 aromatic heterocycles. The minimum Gasteiger partial charge on any atom is -0.322 e. The number of piperazine rings is 1. The standard InChI is InChI=1S/C28H32N4O3/c1-30-16-22-12-20(13-23(17-30)31(22)14-18-5-3-2-4-6-18)19-7-8-24-21(11-19)15-32(28(24)35)25-9-10-26(33)29-27(25)34/h2-8,11,20,22-23,25H,9-10,12-17H2,1H3,(H,29,33,34)/t20?,22-,23+,25?. The van der Waals surface area contributed by atoms with Gasteiger partial charge in [-0.2, -0.15) is 0 Å². The van der Waals surface area contributed by atoms with Gasteiger partial charge >= 0.3 is 0 Å². The van der Waals surface area contributed by atoms with E-state index in [9.17, 15) is 14.4 Å². The molecule has 4 aliphatic rings. The maximum Gasteiger partial charge on any atom is 0.255 e. The first-order valence-corrected chi connectivity index (χ1v) is 12.7. The van der Waals surface area contributed by atoms with Gasteiger partial charge in [-0.3, -0.25) is 24.6 Å². The van der Waals surface area contributed by atoms with E-state index < -0.39 is 6.04 Å². The van der Waals surface area contributed by atoms with Crippen LogP contribution in [0.15, 0.2) is 48.5 Å². The number of hydrogen-bond acceptors (Lipinski definition) is 5. The van der Waals surface area contributed by atoms with Gasteiger partial charge in [-0.25, -0.2) is 0 Å². The van der Waals surface area contributed by atoms with Crippen molar-refractivity contribution >= 4 is 17.7 Å². The van der Waals surface area contributed by atoms with Crippen LogP contribution in [-0.4, -0.2) is 70.7 Å². The van der Waals surface area contributed by atoms with Gasteiger partial charge < -0.3 is 9.80 Å². The van der Waals surface area contributed by atoms with Crippen LogP contribution in [0.3, 0.4) is 0 Å². The molecule has 0 saturated carbocycles. The third-order valence-electron chi connectivity index (χ3n) is 8.32. The van der Waals surface area contributed by atoms with E-state index in [1.54, 1.807) is 4.90 Å². The molecule has 3 amide bonds. The van der Waals surface area contributed by atoms with E-state index in [2.05, 4.69) is 64.6 Å². The molecule has 7 heteroatoms. The fourth-order valence-corrected chi connectivity index (χ4v) is 6.65. The zero-order chi connectivity index (χ0) is 24.1. The highest BCUT2D eigenvalue weighted by molar-refractivity contribution is 6.05. The van der Waals surface area contributed by atoms with Crippen LogP contribution >= 0.6 is 0 Å². The van der Waals surface area contributed by atoms with Crippen molar-refractivity contribution < 1.29 is 14.4 Å². The van der Waals surface area contributed by atoms with E-state index in [-0.39, 0.29) is 24.1 Å². The summed E-state index contributed by atoms with van der Waals surface area (Å²) < 4.78 is 0. The van der Waals surface area contributed by atoms with Gasteiger partial charge in [0.15, 0.2) is 0 Å². The second-order valence-electron chi connectivity index (χ2n) is 10.7. The average molecular weight is 473 g/mol. The lowest BCUT2D eigenvalue weighted by Gasteiger charge is -2.52. The summed E-state index contributed by atoms with van der Waals surface area (Å²) in [6.07, 6.45) is 2.89. The van der Waals surface area contributed by atoms with Crippen molar-refractivity contribution in [3.05, 3.63) is 70.8 Å². The Hall–Kier alpha value is -3.03. The lowest BCUT2D eigenvalue weighted by molar-refractivity contribution is -0.136. The van der Waals surface area contributed by atoms with E-state index in [4.69, 9.17) is 0 Å². The number of benzene rings is 2. The van der Waals surface area contributed by atoms with Gasteiger partial charge in [0, 0.05) is 50.2 Å². The molecule has 7 nitrogen and oxygen atoms in total. The fourth-order valence-electron chi connectivity index (χ4n) is 6.65. The summed E-state index contributed by atoms with van der Waals surface area (Å²) in [4.78, 5) is 43.8. The monoisotopic (exact) mass is 472 g/mol. The van der Waals surface area contributed by atoms with Gasteiger partial charge in [-0.15, -0.1) is 0 Å². The molecule has 6 rings (SSSR count). The Balaban J connectivity index is 1.20. The number of fused-ring (bicyclic) bond motifs is 3. The molecule has 2 bridgehead atoms. The molecule has 3 fully saturated rings. The molecule has 4 aliphatic heterocycles. The van der Waals surface area contributed by atoms with Crippen molar-refractivity contribution in [1.29, 1.82) is 0 Å². The largest absolute Gasteiger partial charge is 0.322 e. The summed E-state index contributed by atoms with van der Waals surface area (Å²) in [6.45, 7) is 3.59. The number of likely N-dealkylation sites (tertiary alicyclic amines) is 1. The predicted molar refractivity (Wildman–Crippen MR) is 132 cm³/mol. The summed E-state index contributed by atoms with van der Waals surface area (Å²) in [5, 5.41) is 2.38. The number of nitrogens with zero attached hydrogens (tertiary/aromatic N) is 3. The van der Waals surface area contributed by atoms with Crippen LogP contribution in [0.25, 0.3) is 0 Å². The average Bonchev–Trinajstić information content (AvgIpc) is 3.15. The second-order valence-corrected chi connectivity index (χ2v) is 10.7. The van der Waals surface area contributed by atoms with E-state index >= 15 is 0 Å². The van der Waals surface area contributed by atoms with Gasteiger partial charge in [-0.1, -0.05) is 42.5 Å². The number of hydrogen-bond donors (Lipinski definition) is 1. The molecule has 1 N–H and O–H groups in total. The van der Waals surface area contributed by atoms with Gasteiger partial charge in [0.25, 0.3) is 5.91 Å². The summed E-state index contributed by atoms with van der Waals surface area (Å²) in [5.74, 6) is -0.245. The highest BCUT2D eigenvalue weighted by atomic mass is 16.2. The number of piperidine rings is 2. The molecule has 35 heavy (non-hydrogen) atoms. The topological polar surface area (TPSA) is 73.0 Å². The van der Waals surface area contributed by atoms with Crippen molar-refractivity contribution in [2.75, 3.05) is 20.1 Å². The molecule has 0 spiro atoms. The number of likely N-dealkylation sites (N-methyl/N-ethyl adjacent to an activating group) is 1. The van der Waals surface area contributed by atoms with Crippen molar-refractivity contribution in [1.82, 2.24) is 20.0 Å². The minimum absolute atomic E-state index is 0.0998. The predicted octanol–water partition coefficient (Wildman–Crippen LogP) is 2.51. The summed E-state index contributed by atoms with van der Waals surface area (Å²) in [5.41, 5.74) is 4.38. The second kappa shape index (κ2) is 8.88. The number of carbonyl (C=O) groups excluding carboxylic acids is 3. The summed E-state index contributed by atoms with van der Waals surface area (Å²) >= 11 is 0. The Labute approximate surface area is 206 Å². The third-order valence-corrected chi connectivity index (χ3v) is 8.32. The summed E-state index contributed by atoms with van der Waals surface area (Å²) in [7, 11) is 2.23. The number of imide groups is 1. The Morgan fingerprint density at radius 3 is 2.43 bits per heavy atom. The molecule has 4 heterocycles. The molecular formula is C28H32N4O3. The van der Waals surface area contributed by atoms with Gasteiger partial charge in [0.2, 0.25) is 11.8 Å². The highest BCUT2D eigenvalue weighted by Crippen LogP contribution is 2.40. The molecule has 3 saturated heterocycles. The Bertz CT molecular complexity index is 1150. The molecule has 2 aromatic rings. The van der Waals surface area contributed by atoms with Crippen LogP contribution in [-0.2, 0) is 22.7 Å². The fraction of sp³-hybridized carbons (Fsp3) is 0.464. The number of nitrogens with one attached hydrogen (secondary N) is 1. The van der Waals surface area contributed by atoms with Crippen LogP contribution < -0.4 is 5.32 Å². The molecule has 182 valence electrons. The van der Waals surface area contributed by atoms with Crippen LogP contribution in [0.4, 0.5) is 0 Å². The van der Waals surface area contributed by atoms with E-state index in [1.807, 2.05) is 6.07 Å². The van der Waals surface area contributed by atoms with Gasteiger partial charge in [0.05, 0.1) is 0 Å². The van der Waals surface area contributed by atoms with Crippen LogP contribution in [0.2, 0.25) is 0 Å². The van der Waals surface area contributed by atoms with E-state index in [0.29, 0.717) is 36.5 Å². The molecular weight excluding hydrogens is 440 g/mol. The molecule has 2 unspecified atom stereocenters. The van der Waals surface area contributed by atoms with E-state index in [1.165, 1.54) is 11.1 Å². The third kappa shape index (κ3) is 4.17. The van der Waals surface area contributed by atoms with Crippen molar-refractivity contribution in [2.24, 2.45) is 0 Å². The first-order valence-electron chi connectivity index (χ1n) is 12.7. The zero-order valence-corrected chi connectivity index (χ0v) is 20.2. The molecule has 0 radical (unpaired) electrons. The number of amides is 3. The highest BCUT2D eigenvalue weighted by Gasteiger charge is 2.42. The van der Waals surface area contributed by atoms with Crippen molar-refractivity contribution in [3.63, 3.8) is 0 Å². The lowest BCUT2D eigenvalue weighted by Crippen LogP contribution is -2.60. The normalized spacial score (nSPS) is 29.3. The van der Waals surface area contributed by atoms with Crippen molar-refractivity contribution in [3.8, 4) is 0 Å².